The lowest BCUT2D eigenvalue weighted by atomic mass is 9.62. The lowest BCUT2D eigenvalue weighted by Gasteiger charge is -2.47. The van der Waals surface area contributed by atoms with Gasteiger partial charge in [0.05, 0.1) is 6.61 Å². The van der Waals surface area contributed by atoms with Crippen LogP contribution < -0.4 is 0 Å². The second kappa shape index (κ2) is 13.0. The molecule has 2 aromatic carbocycles. The topological polar surface area (TPSA) is 99.4 Å². The molecule has 1 aliphatic rings. The van der Waals surface area contributed by atoms with Crippen LogP contribution in [0.25, 0.3) is 0 Å². The molecule has 0 saturated carbocycles. The molecule has 0 aliphatic heterocycles. The summed E-state index contributed by atoms with van der Waals surface area (Å²) >= 11 is 0. The van der Waals surface area contributed by atoms with Gasteiger partial charge in [0.15, 0.2) is 0 Å². The van der Waals surface area contributed by atoms with Crippen LogP contribution in [0.3, 0.4) is 0 Å². The third-order valence-electron chi connectivity index (χ3n) is 8.59. The van der Waals surface area contributed by atoms with Gasteiger partial charge in [-0.1, -0.05) is 114 Å². The van der Waals surface area contributed by atoms with Crippen molar-refractivity contribution in [2.45, 2.75) is 142 Å². The monoisotopic (exact) mass is 634 g/mol. The maximum Gasteiger partial charge on any atom is 0.328 e. The maximum atomic E-state index is 10.7. The average molecular weight is 635 g/mol. The lowest BCUT2D eigenvalue weighted by molar-refractivity contribution is 0.0713. The van der Waals surface area contributed by atoms with E-state index in [9.17, 15) is 9.79 Å². The number of fused-ring (bicyclic) bond motifs is 2. The van der Waals surface area contributed by atoms with Gasteiger partial charge in [0.2, 0.25) is 0 Å². The first-order chi connectivity index (χ1) is 19.5. The van der Waals surface area contributed by atoms with Crippen LogP contribution in [0.5, 0.6) is 0 Å². The largest absolute Gasteiger partial charge is 0.328 e. The molecule has 0 fully saturated rings. The minimum Gasteiger partial charge on any atom is -0.328 e. The van der Waals surface area contributed by atoms with Gasteiger partial charge in [-0.2, -0.15) is 0 Å². The molecule has 0 bridgehead atoms. The number of benzene rings is 2. The van der Waals surface area contributed by atoms with Gasteiger partial charge in [0.1, 0.15) is 5.60 Å². The van der Waals surface area contributed by atoms with Crippen molar-refractivity contribution < 1.29 is 28.6 Å². The predicted molar refractivity (Wildman–Crippen MR) is 179 cm³/mol. The van der Waals surface area contributed by atoms with Crippen LogP contribution in [-0.4, -0.2) is 26.2 Å². The normalized spacial score (nSPS) is 15.7. The van der Waals surface area contributed by atoms with E-state index in [0.717, 1.165) is 30.4 Å². The molecule has 3 rings (SSSR count). The van der Waals surface area contributed by atoms with E-state index in [4.69, 9.17) is 18.8 Å². The maximum absolute atomic E-state index is 10.7. The van der Waals surface area contributed by atoms with Crippen molar-refractivity contribution in [3.8, 4) is 0 Å². The molecule has 0 radical (unpaired) electrons. The average Bonchev–Trinajstić information content (AvgIpc) is 2.81. The summed E-state index contributed by atoms with van der Waals surface area (Å²) in [7, 11) is -5.08. The fourth-order valence-electron chi connectivity index (χ4n) is 6.34. The predicted octanol–water partition coefficient (Wildman–Crippen LogP) is 9.04. The van der Waals surface area contributed by atoms with E-state index < -0.39 is 22.8 Å². The first kappa shape index (κ1) is 36.5. The Morgan fingerprint density at radius 2 is 1.05 bits per heavy atom. The van der Waals surface area contributed by atoms with Crippen LogP contribution in [0.4, 0.5) is 0 Å². The Bertz CT molecular complexity index is 1190. The molecule has 2 aromatic rings. The van der Waals surface area contributed by atoms with Gasteiger partial charge < -0.3 is 24.1 Å². The zero-order valence-electron chi connectivity index (χ0n) is 28.6. The summed E-state index contributed by atoms with van der Waals surface area (Å²) in [5.41, 5.74) is 7.69. The van der Waals surface area contributed by atoms with Crippen LogP contribution in [-0.2, 0) is 42.7 Å². The van der Waals surface area contributed by atoms with E-state index in [0.29, 0.717) is 12.8 Å². The van der Waals surface area contributed by atoms with Crippen molar-refractivity contribution in [1.82, 2.24) is 0 Å². The van der Waals surface area contributed by atoms with E-state index >= 15 is 0 Å². The SMILES string of the molecule is CC(C)(C)c1cc2c(c(C(C)(C)C)c1)C(CCCCCOP(O)O)(OP(O)O)c1c(cc(C(C)(C)C)cc1C(C)(C)C)C2. The minimum absolute atomic E-state index is 0.0674. The van der Waals surface area contributed by atoms with Gasteiger partial charge in [0.25, 0.3) is 0 Å². The first-order valence-corrected chi connectivity index (χ1v) is 17.9. The smallest absolute Gasteiger partial charge is 0.328 e. The Balaban J connectivity index is 2.45. The molecule has 242 valence electrons. The summed E-state index contributed by atoms with van der Waals surface area (Å²) in [6.07, 6.45) is 3.46. The number of unbranched alkanes of at least 4 members (excludes halogenated alkanes) is 2. The molecule has 0 saturated heterocycles. The van der Waals surface area contributed by atoms with Gasteiger partial charge in [-0.05, 0) is 91.9 Å². The first-order valence-electron chi connectivity index (χ1n) is 15.5. The fraction of sp³-hybridized carbons (Fsp3) is 0.657. The van der Waals surface area contributed by atoms with E-state index in [-0.39, 0.29) is 28.3 Å². The highest BCUT2D eigenvalue weighted by Gasteiger charge is 2.49. The van der Waals surface area contributed by atoms with Crippen molar-refractivity contribution >= 4 is 17.2 Å². The van der Waals surface area contributed by atoms with Crippen LogP contribution >= 0.6 is 17.2 Å². The summed E-state index contributed by atoms with van der Waals surface area (Å²) in [5.74, 6) is 0. The van der Waals surface area contributed by atoms with E-state index in [1.165, 1.54) is 33.4 Å². The molecule has 0 amide bonds. The number of hydrogen-bond donors (Lipinski definition) is 4. The molecule has 0 aromatic heterocycles. The highest BCUT2D eigenvalue weighted by atomic mass is 31.2. The molecule has 43 heavy (non-hydrogen) atoms. The van der Waals surface area contributed by atoms with E-state index in [2.05, 4.69) is 107 Å². The second-order valence-electron chi connectivity index (χ2n) is 16.4. The van der Waals surface area contributed by atoms with Crippen molar-refractivity contribution in [3.05, 3.63) is 68.8 Å². The van der Waals surface area contributed by atoms with Gasteiger partial charge in [-0.15, -0.1) is 0 Å². The lowest BCUT2D eigenvalue weighted by Crippen LogP contribution is -2.41. The Morgan fingerprint density at radius 3 is 1.40 bits per heavy atom. The van der Waals surface area contributed by atoms with Gasteiger partial charge in [0, 0.05) is 0 Å². The Kier molecular flexibility index (Phi) is 11.1. The molecule has 0 heterocycles. The molecule has 8 heteroatoms. The fourth-order valence-corrected chi connectivity index (χ4v) is 7.19. The summed E-state index contributed by atoms with van der Waals surface area (Å²) in [4.78, 5) is 39.7. The van der Waals surface area contributed by atoms with Crippen LogP contribution in [0, 0.1) is 0 Å². The molecule has 1 aliphatic carbocycles. The van der Waals surface area contributed by atoms with Crippen molar-refractivity contribution in [2.24, 2.45) is 0 Å². The Hall–Kier alpha value is -0.940. The zero-order chi connectivity index (χ0) is 32.8. The number of hydrogen-bond acceptors (Lipinski definition) is 6. The van der Waals surface area contributed by atoms with Crippen LogP contribution in [0.2, 0.25) is 0 Å². The zero-order valence-corrected chi connectivity index (χ0v) is 30.3. The van der Waals surface area contributed by atoms with Crippen LogP contribution in [0.15, 0.2) is 24.3 Å². The van der Waals surface area contributed by atoms with Crippen molar-refractivity contribution in [2.75, 3.05) is 6.61 Å². The molecule has 0 atom stereocenters. The summed E-state index contributed by atoms with van der Waals surface area (Å²) in [6.45, 7) is 27.1. The number of rotatable bonds is 9. The summed E-state index contributed by atoms with van der Waals surface area (Å²) < 4.78 is 11.6. The van der Waals surface area contributed by atoms with Gasteiger partial charge >= 0.3 is 17.2 Å². The highest BCUT2D eigenvalue weighted by Crippen LogP contribution is 2.57. The highest BCUT2D eigenvalue weighted by molar-refractivity contribution is 7.39. The minimum atomic E-state index is -2.70. The van der Waals surface area contributed by atoms with Crippen LogP contribution in [0.1, 0.15) is 153 Å². The third kappa shape index (κ3) is 8.46. The third-order valence-corrected chi connectivity index (χ3v) is 9.48. The summed E-state index contributed by atoms with van der Waals surface area (Å²) in [5, 5.41) is 0. The van der Waals surface area contributed by atoms with Crippen molar-refractivity contribution in [3.63, 3.8) is 0 Å². The quantitative estimate of drug-likeness (QED) is 0.162. The van der Waals surface area contributed by atoms with Gasteiger partial charge in [-0.25, -0.2) is 0 Å². The van der Waals surface area contributed by atoms with Crippen molar-refractivity contribution in [1.29, 1.82) is 0 Å². The molecule has 0 unspecified atom stereocenters. The van der Waals surface area contributed by atoms with E-state index in [1.54, 1.807) is 0 Å². The standard InChI is InChI=1S/C35H56O6P2/c1-31(2,3)25-19-23-18-24-20-26(32(4,5)6)22-28(34(10,11)12)30(24)35(41-43(38)39,16-14-13-15-17-40-42(36)37)29(23)27(21-25)33(7,8)9/h19-22,36-39H,13-18H2,1-12H3. The molecule has 0 spiro atoms. The Labute approximate surface area is 263 Å². The summed E-state index contributed by atoms with van der Waals surface area (Å²) in [6, 6.07) is 9.28. The van der Waals surface area contributed by atoms with E-state index in [1.807, 2.05) is 0 Å². The molecule has 4 N–H and O–H groups in total. The molecular weight excluding hydrogens is 578 g/mol. The Morgan fingerprint density at radius 1 is 0.605 bits per heavy atom. The van der Waals surface area contributed by atoms with Gasteiger partial charge in [-0.3, -0.25) is 4.52 Å². The molecular formula is C35H56O6P2. The second-order valence-corrected chi connectivity index (χ2v) is 17.8. The molecule has 6 nitrogen and oxygen atoms in total.